The molecule has 160 valence electrons. The summed E-state index contributed by atoms with van der Waals surface area (Å²) >= 11 is 0. The Bertz CT molecular complexity index is 840. The van der Waals surface area contributed by atoms with E-state index in [1.807, 2.05) is 0 Å². The van der Waals surface area contributed by atoms with Gasteiger partial charge in [0.15, 0.2) is 5.82 Å². The fraction of sp³-hybridized carbons (Fsp3) is 0.600. The van der Waals surface area contributed by atoms with Crippen LogP contribution in [0.2, 0.25) is 0 Å². The Kier molecular flexibility index (Phi) is 5.40. The minimum atomic E-state index is 0.580. The van der Waals surface area contributed by atoms with Gasteiger partial charge in [0, 0.05) is 44.5 Å². The number of aromatic nitrogens is 2. The Morgan fingerprint density at radius 2 is 1.63 bits per heavy atom. The maximum atomic E-state index is 4.59. The number of anilines is 2. The van der Waals surface area contributed by atoms with Crippen LogP contribution >= 0.6 is 0 Å². The number of hydrogen-bond donors (Lipinski definition) is 0. The van der Waals surface area contributed by atoms with E-state index < -0.39 is 0 Å². The maximum absolute atomic E-state index is 4.59. The van der Waals surface area contributed by atoms with E-state index in [0.29, 0.717) is 5.41 Å². The molecule has 0 radical (unpaired) electrons. The highest BCUT2D eigenvalue weighted by molar-refractivity contribution is 5.65. The average Bonchev–Trinajstić information content (AvgIpc) is 2.75. The fourth-order valence-corrected chi connectivity index (χ4v) is 5.42. The molecule has 1 aromatic heterocycles. The van der Waals surface area contributed by atoms with Gasteiger partial charge in [0.05, 0.1) is 5.69 Å². The largest absolute Gasteiger partial charge is 0.378 e. The predicted octanol–water partition coefficient (Wildman–Crippen LogP) is 4.44. The smallest absolute Gasteiger partial charge is 0.151 e. The van der Waals surface area contributed by atoms with Crippen molar-refractivity contribution in [2.75, 3.05) is 50.1 Å². The van der Waals surface area contributed by atoms with Crippen LogP contribution in [-0.2, 0) is 0 Å². The molecule has 0 atom stereocenters. The van der Waals surface area contributed by atoms with Gasteiger partial charge in [-0.3, -0.25) is 0 Å². The first-order valence-corrected chi connectivity index (χ1v) is 11.7. The Morgan fingerprint density at radius 3 is 2.23 bits per heavy atom. The molecule has 0 amide bonds. The van der Waals surface area contributed by atoms with E-state index in [2.05, 4.69) is 75.4 Å². The Hall–Kier alpha value is -2.14. The number of rotatable bonds is 4. The lowest BCUT2D eigenvalue weighted by Gasteiger charge is -2.50. The molecule has 1 aromatic carbocycles. The Morgan fingerprint density at radius 1 is 0.900 bits per heavy atom. The highest BCUT2D eigenvalue weighted by Gasteiger charge is 2.39. The summed E-state index contributed by atoms with van der Waals surface area (Å²) in [6.45, 7) is 4.89. The van der Waals surface area contributed by atoms with E-state index in [1.54, 1.807) is 0 Å². The molecular formula is C25H35N5. The molecule has 2 saturated heterocycles. The second kappa shape index (κ2) is 8.18. The van der Waals surface area contributed by atoms with Crippen molar-refractivity contribution in [3.63, 3.8) is 0 Å². The van der Waals surface area contributed by atoms with Gasteiger partial charge < -0.3 is 14.7 Å². The third-order valence-corrected chi connectivity index (χ3v) is 7.91. The summed E-state index contributed by atoms with van der Waals surface area (Å²) in [4.78, 5) is 7.33. The molecular weight excluding hydrogens is 370 g/mol. The van der Waals surface area contributed by atoms with E-state index in [9.17, 15) is 0 Å². The van der Waals surface area contributed by atoms with Crippen molar-refractivity contribution in [3.8, 4) is 11.3 Å². The van der Waals surface area contributed by atoms with E-state index >= 15 is 0 Å². The van der Waals surface area contributed by atoms with Crippen LogP contribution in [0.1, 0.15) is 44.9 Å². The van der Waals surface area contributed by atoms with Crippen LogP contribution in [-0.4, -0.2) is 61.4 Å². The van der Waals surface area contributed by atoms with Crippen LogP contribution in [0.3, 0.4) is 0 Å². The van der Waals surface area contributed by atoms with Crippen molar-refractivity contribution >= 4 is 11.5 Å². The number of hydrogen-bond acceptors (Lipinski definition) is 5. The van der Waals surface area contributed by atoms with Crippen molar-refractivity contribution in [1.29, 1.82) is 0 Å². The zero-order valence-electron chi connectivity index (χ0n) is 18.6. The summed E-state index contributed by atoms with van der Waals surface area (Å²) in [7, 11) is 4.13. The molecule has 1 spiro atoms. The second-order valence-electron chi connectivity index (χ2n) is 9.83. The van der Waals surface area contributed by atoms with Crippen LogP contribution in [0.25, 0.3) is 11.3 Å². The first kappa shape index (κ1) is 19.8. The SMILES string of the molecule is CN(C)c1cccc(-c2ccc(N3CCC4(CC3)CCN(C3CCC3)CC4)nn2)c1. The van der Waals surface area contributed by atoms with E-state index in [0.717, 1.165) is 36.2 Å². The summed E-state index contributed by atoms with van der Waals surface area (Å²) in [5, 5.41) is 9.15. The molecule has 2 aromatic rings. The van der Waals surface area contributed by atoms with Crippen LogP contribution in [0.15, 0.2) is 36.4 Å². The topological polar surface area (TPSA) is 35.5 Å². The monoisotopic (exact) mass is 405 g/mol. The van der Waals surface area contributed by atoms with Crippen molar-refractivity contribution in [2.24, 2.45) is 5.41 Å². The van der Waals surface area contributed by atoms with Gasteiger partial charge in [0.2, 0.25) is 0 Å². The lowest BCUT2D eigenvalue weighted by atomic mass is 9.70. The fourth-order valence-electron chi connectivity index (χ4n) is 5.42. The van der Waals surface area contributed by atoms with Crippen molar-refractivity contribution in [2.45, 2.75) is 51.0 Å². The molecule has 1 aliphatic carbocycles. The van der Waals surface area contributed by atoms with Gasteiger partial charge in [-0.05, 0) is 81.3 Å². The Labute approximate surface area is 181 Å². The summed E-state index contributed by atoms with van der Waals surface area (Å²) in [6.07, 6.45) is 9.72. The van der Waals surface area contributed by atoms with E-state index in [4.69, 9.17) is 0 Å². The molecule has 0 unspecified atom stereocenters. The number of likely N-dealkylation sites (tertiary alicyclic amines) is 1. The van der Waals surface area contributed by atoms with E-state index in [1.165, 1.54) is 63.7 Å². The molecule has 5 heteroatoms. The number of piperidine rings is 2. The van der Waals surface area contributed by atoms with Gasteiger partial charge in [0.25, 0.3) is 0 Å². The van der Waals surface area contributed by atoms with Crippen LogP contribution in [0.4, 0.5) is 11.5 Å². The third kappa shape index (κ3) is 3.92. The molecule has 3 heterocycles. The highest BCUT2D eigenvalue weighted by atomic mass is 15.3. The zero-order chi connectivity index (χ0) is 20.6. The predicted molar refractivity (Wildman–Crippen MR) is 124 cm³/mol. The molecule has 5 rings (SSSR count). The standard InChI is InChI=1S/C25H35N5/c1-28(2)22-8-3-5-20(19-22)23-9-10-24(27-26-23)30-17-13-25(14-18-30)11-15-29(16-12-25)21-6-4-7-21/h3,5,8-10,19,21H,4,6-7,11-18H2,1-2H3. The number of nitrogens with zero attached hydrogens (tertiary/aromatic N) is 5. The first-order chi connectivity index (χ1) is 14.6. The average molecular weight is 406 g/mol. The minimum absolute atomic E-state index is 0.580. The lowest BCUT2D eigenvalue weighted by Crippen LogP contribution is -2.51. The molecule has 0 N–H and O–H groups in total. The quantitative estimate of drug-likeness (QED) is 0.751. The second-order valence-corrected chi connectivity index (χ2v) is 9.83. The van der Waals surface area contributed by atoms with Crippen molar-refractivity contribution in [3.05, 3.63) is 36.4 Å². The van der Waals surface area contributed by atoms with Crippen LogP contribution in [0, 0.1) is 5.41 Å². The molecule has 3 aliphatic rings. The van der Waals surface area contributed by atoms with Crippen LogP contribution < -0.4 is 9.80 Å². The normalized spacial score (nSPS) is 22.1. The molecule has 30 heavy (non-hydrogen) atoms. The van der Waals surface area contributed by atoms with Gasteiger partial charge in [0.1, 0.15) is 0 Å². The summed E-state index contributed by atoms with van der Waals surface area (Å²) in [5.74, 6) is 1.03. The number of benzene rings is 1. The summed E-state index contributed by atoms with van der Waals surface area (Å²) < 4.78 is 0. The molecule has 0 bridgehead atoms. The minimum Gasteiger partial charge on any atom is -0.378 e. The summed E-state index contributed by atoms with van der Waals surface area (Å²) in [6, 6.07) is 13.7. The van der Waals surface area contributed by atoms with Gasteiger partial charge in [-0.2, -0.15) is 0 Å². The van der Waals surface area contributed by atoms with Gasteiger partial charge in [-0.15, -0.1) is 10.2 Å². The highest BCUT2D eigenvalue weighted by Crippen LogP contribution is 2.43. The summed E-state index contributed by atoms with van der Waals surface area (Å²) in [5.41, 5.74) is 3.83. The van der Waals surface area contributed by atoms with Crippen molar-refractivity contribution < 1.29 is 0 Å². The van der Waals surface area contributed by atoms with Crippen molar-refractivity contribution in [1.82, 2.24) is 15.1 Å². The zero-order valence-corrected chi connectivity index (χ0v) is 18.6. The molecule has 1 saturated carbocycles. The first-order valence-electron chi connectivity index (χ1n) is 11.7. The lowest BCUT2D eigenvalue weighted by molar-refractivity contribution is 0.0305. The van der Waals surface area contributed by atoms with Gasteiger partial charge in [-0.1, -0.05) is 18.6 Å². The van der Waals surface area contributed by atoms with Crippen LogP contribution in [0.5, 0.6) is 0 Å². The van der Waals surface area contributed by atoms with Gasteiger partial charge in [-0.25, -0.2) is 0 Å². The van der Waals surface area contributed by atoms with E-state index in [-0.39, 0.29) is 0 Å². The maximum Gasteiger partial charge on any atom is 0.151 e. The third-order valence-electron chi connectivity index (χ3n) is 7.91. The molecule has 5 nitrogen and oxygen atoms in total. The Balaban J connectivity index is 1.19. The molecule has 3 fully saturated rings. The molecule has 2 aliphatic heterocycles. The van der Waals surface area contributed by atoms with Gasteiger partial charge >= 0.3 is 0 Å².